The summed E-state index contributed by atoms with van der Waals surface area (Å²) in [5.74, 6) is 1.28. The molecule has 0 bridgehead atoms. The smallest absolute Gasteiger partial charge is 0.133 e. The Morgan fingerprint density at radius 1 is 0.944 bits per heavy atom. The lowest BCUT2D eigenvalue weighted by molar-refractivity contribution is 0.144. The van der Waals surface area contributed by atoms with Crippen LogP contribution in [0.2, 0.25) is 0 Å². The SMILES string of the molecule is [B]c1cc(OCCOC)c(Br)cc1OCCOC. The molecular formula is C12H16BBrO4. The van der Waals surface area contributed by atoms with Crippen LogP contribution in [0, 0.1) is 0 Å². The molecule has 98 valence electrons. The van der Waals surface area contributed by atoms with Crippen LogP contribution in [-0.4, -0.2) is 48.5 Å². The van der Waals surface area contributed by atoms with E-state index in [9.17, 15) is 0 Å². The molecule has 0 unspecified atom stereocenters. The second-order valence-electron chi connectivity index (χ2n) is 3.50. The van der Waals surface area contributed by atoms with Crippen LogP contribution in [0.15, 0.2) is 16.6 Å². The molecule has 0 amide bonds. The van der Waals surface area contributed by atoms with E-state index in [-0.39, 0.29) is 0 Å². The number of benzene rings is 1. The third kappa shape index (κ3) is 4.88. The van der Waals surface area contributed by atoms with Crippen molar-refractivity contribution in [2.75, 3.05) is 40.6 Å². The van der Waals surface area contributed by atoms with Gasteiger partial charge in [-0.1, -0.05) is 5.46 Å². The number of halogens is 1. The molecule has 0 aliphatic heterocycles. The van der Waals surface area contributed by atoms with Crippen LogP contribution < -0.4 is 14.9 Å². The van der Waals surface area contributed by atoms with Crippen molar-refractivity contribution in [3.8, 4) is 11.5 Å². The highest BCUT2D eigenvalue weighted by atomic mass is 79.9. The van der Waals surface area contributed by atoms with Crippen LogP contribution >= 0.6 is 15.9 Å². The van der Waals surface area contributed by atoms with Crippen LogP contribution in [-0.2, 0) is 9.47 Å². The van der Waals surface area contributed by atoms with E-state index in [2.05, 4.69) is 15.9 Å². The first-order valence-corrected chi connectivity index (χ1v) is 6.30. The summed E-state index contributed by atoms with van der Waals surface area (Å²) in [7, 11) is 9.12. The number of rotatable bonds is 8. The first-order valence-electron chi connectivity index (χ1n) is 5.51. The maximum atomic E-state index is 5.88. The fourth-order valence-corrected chi connectivity index (χ4v) is 1.69. The summed E-state index contributed by atoms with van der Waals surface area (Å²) in [4.78, 5) is 0. The second-order valence-corrected chi connectivity index (χ2v) is 4.36. The van der Waals surface area contributed by atoms with Crippen LogP contribution in [0.1, 0.15) is 0 Å². The molecule has 6 heteroatoms. The lowest BCUT2D eigenvalue weighted by atomic mass is 9.95. The fourth-order valence-electron chi connectivity index (χ4n) is 1.26. The van der Waals surface area contributed by atoms with Crippen LogP contribution in [0.5, 0.6) is 11.5 Å². The van der Waals surface area contributed by atoms with Gasteiger partial charge in [-0.25, -0.2) is 0 Å². The number of methoxy groups -OCH3 is 2. The number of hydrogen-bond acceptors (Lipinski definition) is 4. The van der Waals surface area contributed by atoms with Gasteiger partial charge in [0.2, 0.25) is 0 Å². The third-order valence-corrected chi connectivity index (χ3v) is 2.77. The molecule has 0 N–H and O–H groups in total. The zero-order valence-electron chi connectivity index (χ0n) is 10.6. The van der Waals surface area contributed by atoms with Gasteiger partial charge in [-0.15, -0.1) is 0 Å². The molecule has 1 aromatic rings. The van der Waals surface area contributed by atoms with E-state index in [0.717, 1.165) is 4.47 Å². The van der Waals surface area contributed by atoms with E-state index in [0.29, 0.717) is 43.4 Å². The summed E-state index contributed by atoms with van der Waals surface area (Å²) in [5, 5.41) is 0. The van der Waals surface area contributed by atoms with Crippen molar-refractivity contribution in [2.24, 2.45) is 0 Å². The molecule has 0 aliphatic carbocycles. The minimum Gasteiger partial charge on any atom is -0.492 e. The summed E-state index contributed by atoms with van der Waals surface area (Å²) in [6.07, 6.45) is 0. The predicted octanol–water partition coefficient (Wildman–Crippen LogP) is 1.29. The summed E-state index contributed by atoms with van der Waals surface area (Å²) < 4.78 is 21.6. The van der Waals surface area contributed by atoms with Gasteiger partial charge in [0, 0.05) is 14.2 Å². The van der Waals surface area contributed by atoms with Crippen molar-refractivity contribution in [3.63, 3.8) is 0 Å². The Balaban J connectivity index is 2.64. The van der Waals surface area contributed by atoms with Crippen molar-refractivity contribution in [1.29, 1.82) is 0 Å². The quantitative estimate of drug-likeness (QED) is 0.535. The predicted molar refractivity (Wildman–Crippen MR) is 74.3 cm³/mol. The Bertz CT molecular complexity index is 338. The van der Waals surface area contributed by atoms with E-state index in [1.54, 1.807) is 26.4 Å². The van der Waals surface area contributed by atoms with Crippen LogP contribution in [0.3, 0.4) is 0 Å². The van der Waals surface area contributed by atoms with Gasteiger partial charge in [-0.05, 0) is 28.1 Å². The van der Waals surface area contributed by atoms with Gasteiger partial charge in [-0.2, -0.15) is 0 Å². The van der Waals surface area contributed by atoms with Gasteiger partial charge in [0.05, 0.1) is 17.7 Å². The van der Waals surface area contributed by atoms with Crippen molar-refractivity contribution in [1.82, 2.24) is 0 Å². The topological polar surface area (TPSA) is 36.9 Å². The molecule has 0 saturated heterocycles. The lowest BCUT2D eigenvalue weighted by Gasteiger charge is -2.13. The molecule has 0 aromatic heterocycles. The highest BCUT2D eigenvalue weighted by Crippen LogP contribution is 2.27. The average molecular weight is 315 g/mol. The first kappa shape index (κ1) is 15.3. The Labute approximate surface area is 117 Å². The molecule has 0 heterocycles. The zero-order chi connectivity index (χ0) is 13.4. The molecule has 2 radical (unpaired) electrons. The van der Waals surface area contributed by atoms with Crippen molar-refractivity contribution < 1.29 is 18.9 Å². The summed E-state index contributed by atoms with van der Waals surface area (Å²) in [6.45, 7) is 1.97. The minimum absolute atomic E-state index is 0.455. The van der Waals surface area contributed by atoms with Crippen LogP contribution in [0.25, 0.3) is 0 Å². The average Bonchev–Trinajstić information content (AvgIpc) is 2.35. The van der Waals surface area contributed by atoms with Crippen LogP contribution in [0.4, 0.5) is 0 Å². The highest BCUT2D eigenvalue weighted by Gasteiger charge is 2.07. The zero-order valence-corrected chi connectivity index (χ0v) is 12.2. The van der Waals surface area contributed by atoms with Gasteiger partial charge < -0.3 is 18.9 Å². The minimum atomic E-state index is 0.455. The van der Waals surface area contributed by atoms with Gasteiger partial charge in [0.25, 0.3) is 0 Å². The standard InChI is InChI=1S/C12H16BBrO4/c1-15-3-5-17-11-8-10(14)12(7-9(11)13)18-6-4-16-2/h7-8H,3-6H2,1-2H3. The van der Waals surface area contributed by atoms with Gasteiger partial charge in [0.15, 0.2) is 0 Å². The maximum absolute atomic E-state index is 5.88. The largest absolute Gasteiger partial charge is 0.492 e. The summed E-state index contributed by atoms with van der Waals surface area (Å²) >= 11 is 3.41. The number of hydrogen-bond donors (Lipinski definition) is 0. The van der Waals surface area contributed by atoms with Gasteiger partial charge >= 0.3 is 0 Å². The monoisotopic (exact) mass is 314 g/mol. The normalized spacial score (nSPS) is 10.4. The molecule has 0 fully saturated rings. The van der Waals surface area contributed by atoms with E-state index < -0.39 is 0 Å². The van der Waals surface area contributed by atoms with E-state index in [4.69, 9.17) is 26.8 Å². The van der Waals surface area contributed by atoms with Crippen molar-refractivity contribution in [3.05, 3.63) is 16.6 Å². The molecule has 4 nitrogen and oxygen atoms in total. The number of ether oxygens (including phenoxy) is 4. The van der Waals surface area contributed by atoms with Crippen molar-refractivity contribution in [2.45, 2.75) is 0 Å². The maximum Gasteiger partial charge on any atom is 0.133 e. The van der Waals surface area contributed by atoms with Gasteiger partial charge in [0.1, 0.15) is 32.6 Å². The highest BCUT2D eigenvalue weighted by molar-refractivity contribution is 9.10. The van der Waals surface area contributed by atoms with E-state index in [1.807, 2.05) is 0 Å². The Hall–Kier alpha value is -0.715. The molecule has 1 aromatic carbocycles. The molecule has 1 rings (SSSR count). The van der Waals surface area contributed by atoms with E-state index in [1.165, 1.54) is 0 Å². The first-order chi connectivity index (χ1) is 8.69. The Morgan fingerprint density at radius 3 is 2.06 bits per heavy atom. The van der Waals surface area contributed by atoms with Gasteiger partial charge in [-0.3, -0.25) is 0 Å². The molecule has 18 heavy (non-hydrogen) atoms. The third-order valence-electron chi connectivity index (χ3n) is 2.15. The van der Waals surface area contributed by atoms with Crippen molar-refractivity contribution >= 4 is 29.2 Å². The lowest BCUT2D eigenvalue weighted by Crippen LogP contribution is -2.14. The fraction of sp³-hybridized carbons (Fsp3) is 0.500. The molecule has 0 saturated carbocycles. The molecular weight excluding hydrogens is 299 g/mol. The molecule has 0 spiro atoms. The molecule has 0 atom stereocenters. The Kier molecular flexibility index (Phi) is 7.16. The Morgan fingerprint density at radius 2 is 1.50 bits per heavy atom. The second kappa shape index (κ2) is 8.40. The van der Waals surface area contributed by atoms with E-state index >= 15 is 0 Å². The summed E-state index contributed by atoms with van der Waals surface area (Å²) in [5.41, 5.74) is 0.529. The molecule has 0 aliphatic rings. The summed E-state index contributed by atoms with van der Waals surface area (Å²) in [6, 6.07) is 3.51.